The van der Waals surface area contributed by atoms with Crippen molar-refractivity contribution in [1.29, 1.82) is 0 Å². The van der Waals surface area contributed by atoms with E-state index < -0.39 is 0 Å². The molecule has 0 spiro atoms. The molecule has 0 atom stereocenters. The second kappa shape index (κ2) is 8.83. The number of halogens is 1. The first kappa shape index (κ1) is 17.7. The van der Waals surface area contributed by atoms with E-state index in [1.807, 2.05) is 18.2 Å². The lowest BCUT2D eigenvalue weighted by molar-refractivity contribution is -0.500. The smallest absolute Gasteiger partial charge is 0.223 e. The zero-order valence-electron chi connectivity index (χ0n) is 13.4. The highest BCUT2D eigenvalue weighted by molar-refractivity contribution is 7.80. The van der Waals surface area contributed by atoms with E-state index in [0.29, 0.717) is 23.2 Å². The van der Waals surface area contributed by atoms with Crippen LogP contribution in [0.5, 0.6) is 11.5 Å². The fourth-order valence-corrected chi connectivity index (χ4v) is 1.94. The Morgan fingerprint density at radius 3 is 2.62 bits per heavy atom. The molecule has 0 unspecified atom stereocenters. The largest absolute Gasteiger partial charge is 0.493 e. The molecule has 2 aromatic carbocycles. The number of hydrogen-bond donors (Lipinski definition) is 3. The summed E-state index contributed by atoms with van der Waals surface area (Å²) in [7, 11) is 3.30. The zero-order chi connectivity index (χ0) is 17.4. The quantitative estimate of drug-likeness (QED) is 0.412. The maximum atomic E-state index is 12.9. The minimum atomic E-state index is -0.268. The van der Waals surface area contributed by atoms with Crippen LogP contribution in [-0.4, -0.2) is 25.5 Å². The van der Waals surface area contributed by atoms with Gasteiger partial charge in [-0.3, -0.25) is 0 Å². The third kappa shape index (κ3) is 5.20. The van der Waals surface area contributed by atoms with Gasteiger partial charge >= 0.3 is 0 Å². The van der Waals surface area contributed by atoms with Gasteiger partial charge < -0.3 is 14.8 Å². The molecule has 3 N–H and O–H groups in total. The Bertz CT molecular complexity index is 720. The molecule has 0 bridgehead atoms. The van der Waals surface area contributed by atoms with Gasteiger partial charge in [-0.05, 0) is 48.1 Å². The van der Waals surface area contributed by atoms with Crippen LogP contribution in [0.4, 0.5) is 4.39 Å². The van der Waals surface area contributed by atoms with Gasteiger partial charge in [0.25, 0.3) is 0 Å². The molecule has 24 heavy (non-hydrogen) atoms. The molecule has 5 nitrogen and oxygen atoms in total. The number of hydrazine groups is 1. The second-order valence-corrected chi connectivity index (χ2v) is 5.23. The third-order valence-electron chi connectivity index (χ3n) is 3.15. The van der Waals surface area contributed by atoms with E-state index in [1.165, 1.54) is 12.1 Å². The molecule has 0 radical (unpaired) electrons. The van der Waals surface area contributed by atoms with Crippen molar-refractivity contribution in [3.05, 3.63) is 59.4 Å². The van der Waals surface area contributed by atoms with E-state index in [2.05, 4.69) is 15.8 Å². The predicted molar refractivity (Wildman–Crippen MR) is 94.6 cm³/mol. The van der Waals surface area contributed by atoms with Gasteiger partial charge in [0.1, 0.15) is 12.4 Å². The van der Waals surface area contributed by atoms with Crippen LogP contribution in [0.15, 0.2) is 42.5 Å². The number of nitrogens with one attached hydrogen (secondary N) is 3. The molecule has 0 amide bonds. The zero-order valence-corrected chi connectivity index (χ0v) is 14.2. The molecule has 0 aliphatic heterocycles. The highest BCUT2D eigenvalue weighted by Crippen LogP contribution is 2.28. The second-order valence-electron chi connectivity index (χ2n) is 4.82. The van der Waals surface area contributed by atoms with Crippen LogP contribution in [-0.2, 0) is 6.61 Å². The van der Waals surface area contributed by atoms with E-state index >= 15 is 0 Å². The van der Waals surface area contributed by atoms with Gasteiger partial charge in [0.05, 0.1) is 7.11 Å². The molecule has 0 saturated heterocycles. The highest BCUT2D eigenvalue weighted by Gasteiger charge is 2.07. The van der Waals surface area contributed by atoms with Crippen molar-refractivity contribution in [2.75, 3.05) is 14.2 Å². The van der Waals surface area contributed by atoms with Gasteiger partial charge in [-0.1, -0.05) is 12.1 Å². The first-order valence-electron chi connectivity index (χ1n) is 7.24. The van der Waals surface area contributed by atoms with Crippen LogP contribution in [0, 0.1) is 5.82 Å². The summed E-state index contributed by atoms with van der Waals surface area (Å²) >= 11 is 4.96. The lowest BCUT2D eigenvalue weighted by atomic mass is 10.2. The van der Waals surface area contributed by atoms with Crippen molar-refractivity contribution in [2.24, 2.45) is 0 Å². The summed E-state index contributed by atoms with van der Waals surface area (Å²) in [6.45, 7) is 0.329. The van der Waals surface area contributed by atoms with Crippen molar-refractivity contribution in [3.63, 3.8) is 0 Å². The normalized spacial score (nSPS) is 10.5. The summed E-state index contributed by atoms with van der Waals surface area (Å²) in [6, 6.07) is 11.7. The minimum Gasteiger partial charge on any atom is -0.493 e. The molecule has 126 valence electrons. The molecule has 2 rings (SSSR count). The Morgan fingerprint density at radius 2 is 1.96 bits per heavy atom. The maximum Gasteiger partial charge on any atom is 0.223 e. The van der Waals surface area contributed by atoms with Crippen LogP contribution < -0.4 is 25.3 Å². The fourth-order valence-electron chi connectivity index (χ4n) is 1.88. The van der Waals surface area contributed by atoms with Crippen LogP contribution in [0.25, 0.3) is 0 Å². The van der Waals surface area contributed by atoms with Gasteiger partial charge in [0.2, 0.25) is 5.11 Å². The predicted octanol–water partition coefficient (Wildman–Crippen LogP) is 0.922. The summed E-state index contributed by atoms with van der Waals surface area (Å²) < 4.78 is 24.0. The third-order valence-corrected chi connectivity index (χ3v) is 3.45. The van der Waals surface area contributed by atoms with Gasteiger partial charge in [0, 0.05) is 12.6 Å². The molecule has 0 saturated carbocycles. The Morgan fingerprint density at radius 1 is 1.21 bits per heavy atom. The molecule has 7 heteroatoms. The average molecular weight is 348 g/mol. The highest BCUT2D eigenvalue weighted by atomic mass is 32.1. The topological polar surface area (TPSA) is 56.5 Å². The molecule has 0 aliphatic rings. The molecule has 0 aliphatic carbocycles. The lowest BCUT2D eigenvalue weighted by Crippen LogP contribution is -2.82. The maximum absolute atomic E-state index is 12.9. The van der Waals surface area contributed by atoms with Crippen molar-refractivity contribution in [1.82, 2.24) is 10.7 Å². The number of hydrazone groups is 1. The van der Waals surface area contributed by atoms with Crippen LogP contribution in [0.3, 0.4) is 0 Å². The van der Waals surface area contributed by atoms with Gasteiger partial charge in [0.15, 0.2) is 17.7 Å². The van der Waals surface area contributed by atoms with E-state index in [0.717, 1.165) is 11.1 Å². The molecular formula is C17H19FN3O2S+. The lowest BCUT2D eigenvalue weighted by Gasteiger charge is -2.11. The average Bonchev–Trinajstić information content (AvgIpc) is 2.61. The number of rotatable bonds is 6. The van der Waals surface area contributed by atoms with E-state index in [1.54, 1.807) is 32.5 Å². The van der Waals surface area contributed by atoms with Crippen LogP contribution in [0.1, 0.15) is 11.1 Å². The van der Waals surface area contributed by atoms with Crippen molar-refractivity contribution >= 4 is 23.5 Å². The van der Waals surface area contributed by atoms with E-state index in [-0.39, 0.29) is 5.82 Å². The van der Waals surface area contributed by atoms with Gasteiger partial charge in [-0.15, -0.1) is 10.5 Å². The number of ether oxygens (including phenoxy) is 2. The SMILES string of the molecule is CNC(=S)N[NH+]=Cc1ccc(OCc2ccc(F)cc2)c(OC)c1. The van der Waals surface area contributed by atoms with Crippen molar-refractivity contribution in [3.8, 4) is 11.5 Å². The first-order chi connectivity index (χ1) is 11.6. The van der Waals surface area contributed by atoms with E-state index in [4.69, 9.17) is 21.7 Å². The Balaban J connectivity index is 2.02. The minimum absolute atomic E-state index is 0.268. The van der Waals surface area contributed by atoms with Crippen molar-refractivity contribution < 1.29 is 19.0 Å². The number of thiocarbonyl (C=S) groups is 1. The van der Waals surface area contributed by atoms with Gasteiger partial charge in [-0.25, -0.2) is 4.39 Å². The molecule has 0 aromatic heterocycles. The molecule has 2 aromatic rings. The molecular weight excluding hydrogens is 329 g/mol. The molecule has 0 fully saturated rings. The monoisotopic (exact) mass is 348 g/mol. The Labute approximate surface area is 145 Å². The Kier molecular flexibility index (Phi) is 6.51. The Hall–Kier alpha value is -2.67. The standard InChI is InChI=1S/C17H18FN3O2S/c1-19-17(24)21-20-10-13-5-8-15(16(9-13)22-2)23-11-12-3-6-14(18)7-4-12/h3-10H,11H2,1-2H3,(H2,19,21,24)/p+1. The van der Waals surface area contributed by atoms with Gasteiger partial charge in [-0.2, -0.15) is 0 Å². The number of hydrogen-bond acceptors (Lipinski definition) is 3. The summed E-state index contributed by atoms with van der Waals surface area (Å²) in [5.41, 5.74) is 4.55. The first-order valence-corrected chi connectivity index (χ1v) is 7.65. The summed E-state index contributed by atoms with van der Waals surface area (Å²) in [6.07, 6.45) is 1.75. The van der Waals surface area contributed by atoms with Crippen LogP contribution >= 0.6 is 12.2 Å². The van der Waals surface area contributed by atoms with E-state index in [9.17, 15) is 4.39 Å². The number of methoxy groups -OCH3 is 1. The van der Waals surface area contributed by atoms with Crippen molar-refractivity contribution in [2.45, 2.75) is 6.61 Å². The summed E-state index contributed by atoms with van der Waals surface area (Å²) in [5.74, 6) is 0.941. The summed E-state index contributed by atoms with van der Waals surface area (Å²) in [5, 5.41) is 6.15. The number of benzene rings is 2. The molecule has 0 heterocycles. The van der Waals surface area contributed by atoms with Crippen LogP contribution in [0.2, 0.25) is 0 Å². The summed E-state index contributed by atoms with van der Waals surface area (Å²) in [4.78, 5) is 0. The fraction of sp³-hybridized carbons (Fsp3) is 0.176.